The third kappa shape index (κ3) is 5.02. The molecule has 0 unspecified atom stereocenters. The van der Waals surface area contributed by atoms with Crippen LogP contribution in [0.25, 0.3) is 0 Å². The van der Waals surface area contributed by atoms with Crippen LogP contribution in [0.5, 0.6) is 0 Å². The summed E-state index contributed by atoms with van der Waals surface area (Å²) in [7, 11) is 3.78. The van der Waals surface area contributed by atoms with Gasteiger partial charge in [-0.1, -0.05) is 18.7 Å². The molecule has 3 nitrogen and oxygen atoms in total. The first-order chi connectivity index (χ1) is 10.2. The second-order valence-corrected chi connectivity index (χ2v) is 5.61. The molecule has 0 bridgehead atoms. The summed E-state index contributed by atoms with van der Waals surface area (Å²) in [6.45, 7) is 6.20. The van der Waals surface area contributed by atoms with Crippen molar-refractivity contribution in [3.8, 4) is 0 Å². The monoisotopic (exact) mass is 316 g/mol. The number of halogens is 3. The van der Waals surface area contributed by atoms with Gasteiger partial charge in [0.05, 0.1) is 5.57 Å². The Balaban J connectivity index is 2.77. The van der Waals surface area contributed by atoms with Gasteiger partial charge in [-0.3, -0.25) is 4.79 Å². The van der Waals surface area contributed by atoms with Crippen molar-refractivity contribution in [2.45, 2.75) is 25.9 Å². The molecule has 1 amide bonds. The van der Waals surface area contributed by atoms with E-state index in [1.807, 2.05) is 19.0 Å². The lowest BCUT2D eigenvalue weighted by Crippen LogP contribution is -2.36. The van der Waals surface area contributed by atoms with Crippen LogP contribution >= 0.6 is 0 Å². The molecule has 1 heterocycles. The molecule has 124 valence electrons. The molecule has 0 aromatic rings. The van der Waals surface area contributed by atoms with E-state index in [9.17, 15) is 18.0 Å². The maximum atomic E-state index is 12.9. The molecular formula is C16H23F3N2O. The minimum Gasteiger partial charge on any atom is -0.339 e. The molecule has 1 rings (SSSR count). The van der Waals surface area contributed by atoms with E-state index in [4.69, 9.17) is 0 Å². The fourth-order valence-corrected chi connectivity index (χ4v) is 2.37. The van der Waals surface area contributed by atoms with E-state index in [0.717, 1.165) is 6.08 Å². The summed E-state index contributed by atoms with van der Waals surface area (Å²) < 4.78 is 38.6. The zero-order chi connectivity index (χ0) is 16.9. The summed E-state index contributed by atoms with van der Waals surface area (Å²) in [5.41, 5.74) is 0.137. The molecule has 0 radical (unpaired) electrons. The summed E-state index contributed by atoms with van der Waals surface area (Å²) in [5.74, 6) is 0.0328. The van der Waals surface area contributed by atoms with Crippen LogP contribution in [0, 0.1) is 0 Å². The molecule has 1 aliphatic rings. The lowest BCUT2D eigenvalue weighted by atomic mass is 9.95. The lowest BCUT2D eigenvalue weighted by molar-refractivity contribution is -0.131. The van der Waals surface area contributed by atoms with Crippen molar-refractivity contribution in [3.63, 3.8) is 0 Å². The van der Waals surface area contributed by atoms with Gasteiger partial charge in [0.1, 0.15) is 0 Å². The van der Waals surface area contributed by atoms with Gasteiger partial charge in [-0.2, -0.15) is 13.2 Å². The average molecular weight is 316 g/mol. The van der Waals surface area contributed by atoms with Crippen molar-refractivity contribution >= 4 is 5.91 Å². The minimum absolute atomic E-state index is 0.0328. The van der Waals surface area contributed by atoms with E-state index in [-0.39, 0.29) is 11.5 Å². The van der Waals surface area contributed by atoms with Gasteiger partial charge in [0.2, 0.25) is 5.91 Å². The lowest BCUT2D eigenvalue weighted by Gasteiger charge is -2.28. The van der Waals surface area contributed by atoms with Crippen LogP contribution in [0.2, 0.25) is 0 Å². The number of allylic oxidation sites excluding steroid dienone is 3. The van der Waals surface area contributed by atoms with Crippen molar-refractivity contribution in [3.05, 3.63) is 35.5 Å². The predicted molar refractivity (Wildman–Crippen MR) is 81.4 cm³/mol. The summed E-state index contributed by atoms with van der Waals surface area (Å²) in [4.78, 5) is 15.6. The van der Waals surface area contributed by atoms with E-state index in [1.54, 1.807) is 11.0 Å². The van der Waals surface area contributed by atoms with Crippen molar-refractivity contribution in [2.75, 3.05) is 33.7 Å². The SMILES string of the molecule is C=C/C(=C(\C)C1=CCN(C(=O)CCN(C)C)CC1)C(F)(F)F. The number of amides is 1. The molecule has 0 N–H and O–H groups in total. The van der Waals surface area contributed by atoms with Crippen LogP contribution in [0.1, 0.15) is 19.8 Å². The molecule has 0 atom stereocenters. The molecule has 0 spiro atoms. The molecule has 22 heavy (non-hydrogen) atoms. The van der Waals surface area contributed by atoms with E-state index >= 15 is 0 Å². The summed E-state index contributed by atoms with van der Waals surface area (Å²) in [6, 6.07) is 0. The first-order valence-electron chi connectivity index (χ1n) is 7.19. The Morgan fingerprint density at radius 1 is 1.45 bits per heavy atom. The molecule has 0 saturated heterocycles. The Morgan fingerprint density at radius 2 is 2.09 bits per heavy atom. The van der Waals surface area contributed by atoms with Gasteiger partial charge in [0.25, 0.3) is 0 Å². The largest absolute Gasteiger partial charge is 0.416 e. The second-order valence-electron chi connectivity index (χ2n) is 5.61. The highest BCUT2D eigenvalue weighted by Crippen LogP contribution is 2.33. The van der Waals surface area contributed by atoms with Crippen LogP contribution in [0.3, 0.4) is 0 Å². The topological polar surface area (TPSA) is 23.6 Å². The Bertz CT molecular complexity index is 490. The maximum absolute atomic E-state index is 12.9. The molecule has 1 aliphatic heterocycles. The number of hydrogen-bond acceptors (Lipinski definition) is 2. The van der Waals surface area contributed by atoms with Crippen molar-refractivity contribution in [1.82, 2.24) is 9.80 Å². The maximum Gasteiger partial charge on any atom is 0.416 e. The fraction of sp³-hybridized carbons (Fsp3) is 0.562. The number of carbonyl (C=O) groups excluding carboxylic acids is 1. The highest BCUT2D eigenvalue weighted by atomic mass is 19.4. The zero-order valence-electron chi connectivity index (χ0n) is 13.3. The third-order valence-electron chi connectivity index (χ3n) is 3.73. The molecule has 6 heteroatoms. The molecule has 0 fully saturated rings. The van der Waals surface area contributed by atoms with Crippen molar-refractivity contribution < 1.29 is 18.0 Å². The fourth-order valence-electron chi connectivity index (χ4n) is 2.37. The predicted octanol–water partition coefficient (Wildman–Crippen LogP) is 3.16. The van der Waals surface area contributed by atoms with E-state index in [1.165, 1.54) is 6.92 Å². The van der Waals surface area contributed by atoms with Gasteiger partial charge in [0, 0.05) is 26.1 Å². The number of rotatable bonds is 5. The molecule has 0 aromatic heterocycles. The summed E-state index contributed by atoms with van der Waals surface area (Å²) in [6.07, 6.45) is -0.976. The molecular weight excluding hydrogens is 293 g/mol. The standard InChI is InChI=1S/C16H23F3N2O/c1-5-14(16(17,18)19)12(2)13-6-10-21(11-7-13)15(22)8-9-20(3)4/h5-6H,1,7-11H2,2-4H3/b14-12-. The number of carbonyl (C=O) groups is 1. The van der Waals surface area contributed by atoms with E-state index < -0.39 is 11.7 Å². The van der Waals surface area contributed by atoms with Gasteiger partial charge < -0.3 is 9.80 Å². The quantitative estimate of drug-likeness (QED) is 0.728. The highest BCUT2D eigenvalue weighted by Gasteiger charge is 2.34. The number of alkyl halides is 3. The summed E-state index contributed by atoms with van der Waals surface area (Å²) in [5, 5.41) is 0. The van der Waals surface area contributed by atoms with Crippen LogP contribution in [-0.4, -0.2) is 55.6 Å². The highest BCUT2D eigenvalue weighted by molar-refractivity contribution is 5.76. The Hall–Kier alpha value is -1.56. The third-order valence-corrected chi connectivity index (χ3v) is 3.73. The van der Waals surface area contributed by atoms with Crippen LogP contribution < -0.4 is 0 Å². The van der Waals surface area contributed by atoms with Gasteiger partial charge in [0.15, 0.2) is 0 Å². The van der Waals surface area contributed by atoms with Gasteiger partial charge in [-0.15, -0.1) is 0 Å². The Kier molecular flexibility index (Phi) is 6.41. The number of nitrogens with zero attached hydrogens (tertiary/aromatic N) is 2. The Morgan fingerprint density at radius 3 is 2.50 bits per heavy atom. The van der Waals surface area contributed by atoms with Gasteiger partial charge >= 0.3 is 6.18 Å². The van der Waals surface area contributed by atoms with Gasteiger partial charge in [-0.05, 0) is 38.6 Å². The normalized spacial score (nSPS) is 17.2. The van der Waals surface area contributed by atoms with Crippen LogP contribution in [0.4, 0.5) is 13.2 Å². The Labute approximate surface area is 129 Å². The van der Waals surface area contributed by atoms with E-state index in [0.29, 0.717) is 38.0 Å². The van der Waals surface area contributed by atoms with Gasteiger partial charge in [-0.25, -0.2) is 0 Å². The van der Waals surface area contributed by atoms with Crippen molar-refractivity contribution in [1.29, 1.82) is 0 Å². The molecule has 0 saturated carbocycles. The van der Waals surface area contributed by atoms with E-state index in [2.05, 4.69) is 6.58 Å². The van der Waals surface area contributed by atoms with Crippen LogP contribution in [-0.2, 0) is 4.79 Å². The zero-order valence-corrected chi connectivity index (χ0v) is 13.3. The molecule has 0 aliphatic carbocycles. The second kappa shape index (κ2) is 7.63. The smallest absolute Gasteiger partial charge is 0.339 e. The van der Waals surface area contributed by atoms with Crippen molar-refractivity contribution in [2.24, 2.45) is 0 Å². The average Bonchev–Trinajstić information content (AvgIpc) is 2.44. The van der Waals surface area contributed by atoms with Crippen LogP contribution in [0.15, 0.2) is 35.5 Å². The first-order valence-corrected chi connectivity index (χ1v) is 7.19. The first kappa shape index (κ1) is 18.5. The molecule has 0 aromatic carbocycles. The summed E-state index contributed by atoms with van der Waals surface area (Å²) >= 11 is 0. The number of hydrogen-bond donors (Lipinski definition) is 0. The minimum atomic E-state index is -4.40.